The van der Waals surface area contributed by atoms with Crippen molar-refractivity contribution in [3.8, 4) is 0 Å². The second-order valence-electron chi connectivity index (χ2n) is 9.99. The van der Waals surface area contributed by atoms with Gasteiger partial charge in [0.2, 0.25) is 0 Å². The number of nitrogens with zero attached hydrogens (tertiary/aromatic N) is 5. The Morgan fingerprint density at radius 3 is 2.40 bits per heavy atom. The number of anilines is 1. The first-order valence-electron chi connectivity index (χ1n) is 14.0. The largest absolute Gasteiger partial charge is 0.480 e. The van der Waals surface area contributed by atoms with E-state index in [1.54, 1.807) is 23.2 Å². The fourth-order valence-electron chi connectivity index (χ4n) is 4.82. The monoisotopic (exact) mass is 576 g/mol. The molecule has 4 rings (SSSR count). The molecular weight excluding hydrogens is 539 g/mol. The number of nitrogens with one attached hydrogen (secondary N) is 1. The van der Waals surface area contributed by atoms with E-state index in [1.165, 1.54) is 36.2 Å². The number of hydrogen-bond donors (Lipinski definition) is 3. The van der Waals surface area contributed by atoms with E-state index in [4.69, 9.17) is 4.99 Å². The van der Waals surface area contributed by atoms with E-state index in [-0.39, 0.29) is 12.5 Å². The number of aliphatic hydroxyl groups excluding tert-OH is 1. The number of halogens is 1. The van der Waals surface area contributed by atoms with Crippen LogP contribution < -0.4 is 10.3 Å². The van der Waals surface area contributed by atoms with Gasteiger partial charge < -0.3 is 20.0 Å². The highest BCUT2D eigenvalue weighted by molar-refractivity contribution is 6.19. The van der Waals surface area contributed by atoms with Crippen LogP contribution in [0.2, 0.25) is 0 Å². The van der Waals surface area contributed by atoms with Crippen molar-refractivity contribution < 1.29 is 24.2 Å². The number of carboxylic acid groups (broad SMARTS) is 1. The lowest BCUT2D eigenvalue weighted by Crippen LogP contribution is -2.57. The molecular formula is C31H37FN6O4. The summed E-state index contributed by atoms with van der Waals surface area (Å²) in [5.74, 6) is -1.99. The zero-order chi connectivity index (χ0) is 30.2. The Balaban J connectivity index is 1.75. The molecule has 2 unspecified atom stereocenters. The lowest BCUT2D eigenvalue weighted by molar-refractivity contribution is -0.146. The van der Waals surface area contributed by atoms with Gasteiger partial charge in [0.05, 0.1) is 23.2 Å². The van der Waals surface area contributed by atoms with Gasteiger partial charge in [-0.3, -0.25) is 19.6 Å². The number of benzodiazepines with no additional fused rings is 1. The van der Waals surface area contributed by atoms with Gasteiger partial charge in [-0.25, -0.2) is 14.8 Å². The highest BCUT2D eigenvalue weighted by Gasteiger charge is 2.35. The van der Waals surface area contributed by atoms with E-state index in [0.717, 1.165) is 18.7 Å². The Kier molecular flexibility index (Phi) is 10.5. The van der Waals surface area contributed by atoms with Crippen LogP contribution in [0.4, 0.5) is 10.1 Å². The number of aliphatic carboxylic acids is 1. The number of carboxylic acids is 1. The van der Waals surface area contributed by atoms with Gasteiger partial charge in [0.1, 0.15) is 11.9 Å². The maximum Gasteiger partial charge on any atom is 0.322 e. The molecule has 222 valence electrons. The highest BCUT2D eigenvalue weighted by Crippen LogP contribution is 2.28. The molecule has 0 fully saturated rings. The van der Waals surface area contributed by atoms with E-state index < -0.39 is 30.1 Å². The molecule has 42 heavy (non-hydrogen) atoms. The summed E-state index contributed by atoms with van der Waals surface area (Å²) in [6.07, 6.45) is -0.754. The van der Waals surface area contributed by atoms with Crippen LogP contribution in [-0.4, -0.2) is 87.6 Å². The predicted molar refractivity (Wildman–Crippen MR) is 159 cm³/mol. The lowest BCUT2D eigenvalue weighted by atomic mass is 10.0. The minimum Gasteiger partial charge on any atom is -0.480 e. The van der Waals surface area contributed by atoms with E-state index in [2.05, 4.69) is 29.2 Å². The molecule has 2 heterocycles. The number of aliphatic hydroxyl groups is 1. The molecule has 1 aromatic heterocycles. The number of carbonyl (C=O) groups excluding carboxylic acids is 1. The number of benzene rings is 2. The molecule has 3 N–H and O–H groups in total. The molecule has 11 heteroatoms. The molecule has 0 bridgehead atoms. The van der Waals surface area contributed by atoms with Crippen molar-refractivity contribution in [2.75, 3.05) is 37.6 Å². The summed E-state index contributed by atoms with van der Waals surface area (Å²) >= 11 is 0. The van der Waals surface area contributed by atoms with E-state index in [1.807, 2.05) is 30.3 Å². The number of carbonyl (C=O) groups is 2. The Labute approximate surface area is 245 Å². The first-order valence-corrected chi connectivity index (χ1v) is 14.0. The van der Waals surface area contributed by atoms with Gasteiger partial charge in [0.25, 0.3) is 5.91 Å². The maximum absolute atomic E-state index is 14.2. The topological polar surface area (TPSA) is 122 Å². The number of hydrazine groups is 1. The van der Waals surface area contributed by atoms with Crippen molar-refractivity contribution in [2.24, 2.45) is 4.99 Å². The Hall–Kier alpha value is -4.03. The van der Waals surface area contributed by atoms with Gasteiger partial charge in [-0.2, -0.15) is 0 Å². The third-order valence-corrected chi connectivity index (χ3v) is 7.39. The van der Waals surface area contributed by atoms with E-state index in [9.17, 15) is 24.2 Å². The molecule has 0 saturated heterocycles. The van der Waals surface area contributed by atoms with Crippen LogP contribution in [-0.2, 0) is 9.59 Å². The van der Waals surface area contributed by atoms with E-state index >= 15 is 0 Å². The molecule has 1 aliphatic heterocycles. The van der Waals surface area contributed by atoms with Crippen molar-refractivity contribution in [3.05, 3.63) is 95.6 Å². The van der Waals surface area contributed by atoms with E-state index in [0.29, 0.717) is 35.7 Å². The van der Waals surface area contributed by atoms with Gasteiger partial charge >= 0.3 is 5.97 Å². The van der Waals surface area contributed by atoms with Crippen molar-refractivity contribution in [3.63, 3.8) is 0 Å². The zero-order valence-corrected chi connectivity index (χ0v) is 24.0. The number of fused-ring (bicyclic) bond motifs is 1. The third kappa shape index (κ3) is 7.24. The normalized spacial score (nSPS) is 16.6. The number of amides is 1. The van der Waals surface area contributed by atoms with Crippen LogP contribution in [0.25, 0.3) is 0 Å². The van der Waals surface area contributed by atoms with Crippen LogP contribution in [0, 0.1) is 5.82 Å². The predicted octanol–water partition coefficient (Wildman–Crippen LogP) is 3.09. The number of aromatic nitrogens is 1. The van der Waals surface area contributed by atoms with Gasteiger partial charge in [-0.05, 0) is 55.9 Å². The molecule has 0 radical (unpaired) electrons. The average molecular weight is 577 g/mol. The minimum absolute atomic E-state index is 0.205. The number of para-hydroxylation sites is 1. The third-order valence-electron chi connectivity index (χ3n) is 7.39. The molecule has 3 atom stereocenters. The maximum atomic E-state index is 14.2. The number of likely N-dealkylation sites (N-methyl/N-ethyl adjacent to an activating group) is 1. The molecule has 0 spiro atoms. The fourth-order valence-corrected chi connectivity index (χ4v) is 4.82. The van der Waals surface area contributed by atoms with Gasteiger partial charge in [0.15, 0.2) is 6.17 Å². The van der Waals surface area contributed by atoms with Crippen LogP contribution in [0.15, 0.2) is 77.9 Å². The Morgan fingerprint density at radius 1 is 1.07 bits per heavy atom. The molecule has 0 aliphatic carbocycles. The molecule has 1 amide bonds. The Morgan fingerprint density at radius 2 is 1.76 bits per heavy atom. The molecule has 3 aromatic rings. The summed E-state index contributed by atoms with van der Waals surface area (Å²) in [6, 6.07) is 17.1. The van der Waals surface area contributed by atoms with Crippen molar-refractivity contribution >= 4 is 23.3 Å². The quantitative estimate of drug-likeness (QED) is 0.266. The van der Waals surface area contributed by atoms with Crippen LogP contribution in [0.3, 0.4) is 0 Å². The Bertz CT molecular complexity index is 1380. The zero-order valence-electron chi connectivity index (χ0n) is 24.0. The molecule has 0 saturated carbocycles. The van der Waals surface area contributed by atoms with Crippen LogP contribution in [0.1, 0.15) is 43.7 Å². The summed E-state index contributed by atoms with van der Waals surface area (Å²) in [6.45, 7) is 8.02. The second kappa shape index (κ2) is 14.2. The summed E-state index contributed by atoms with van der Waals surface area (Å²) in [4.78, 5) is 39.5. The summed E-state index contributed by atoms with van der Waals surface area (Å²) < 4.78 is 13.5. The van der Waals surface area contributed by atoms with Crippen LogP contribution >= 0.6 is 0 Å². The number of pyridine rings is 1. The van der Waals surface area contributed by atoms with Crippen molar-refractivity contribution in [1.29, 1.82) is 0 Å². The van der Waals surface area contributed by atoms with Gasteiger partial charge in [-0.15, -0.1) is 0 Å². The van der Waals surface area contributed by atoms with Gasteiger partial charge in [0, 0.05) is 31.4 Å². The average Bonchev–Trinajstić information content (AvgIpc) is 3.12. The first-order chi connectivity index (χ1) is 20.2. The number of hydrogen-bond acceptors (Lipinski definition) is 8. The number of aliphatic imine (C=N–C) groups is 1. The SMILES string of the molecule is CCN(CC)CCN1C(=O)C(NN(CC(O)c2ccc(F)cc2)[C@@H](C)C(=O)O)N=C(c2ccccn2)c2ccccc21. The highest BCUT2D eigenvalue weighted by atomic mass is 19.1. The van der Waals surface area contributed by atoms with Crippen LogP contribution in [0.5, 0.6) is 0 Å². The lowest BCUT2D eigenvalue weighted by Gasteiger charge is -2.33. The molecule has 1 aliphatic rings. The summed E-state index contributed by atoms with van der Waals surface area (Å²) in [7, 11) is 0. The summed E-state index contributed by atoms with van der Waals surface area (Å²) in [5.41, 5.74) is 5.84. The fraction of sp³-hybridized carbons (Fsp3) is 0.355. The smallest absolute Gasteiger partial charge is 0.322 e. The second-order valence-corrected chi connectivity index (χ2v) is 9.99. The van der Waals surface area contributed by atoms with Crippen molar-refractivity contribution in [1.82, 2.24) is 20.3 Å². The van der Waals surface area contributed by atoms with Crippen molar-refractivity contribution in [2.45, 2.75) is 39.1 Å². The molecule has 2 aromatic carbocycles. The van der Waals surface area contributed by atoms with Gasteiger partial charge in [-0.1, -0.05) is 50.2 Å². The standard InChI is InChI=1S/C31H37FN6O4/c1-4-36(5-2)18-19-37-26-12-7-6-10-24(26)28(25-11-8-9-17-33-25)34-29(30(37)40)35-38(21(3)31(41)42)20-27(39)22-13-15-23(32)16-14-22/h6-17,21,27,29,35,39H,4-5,18-20H2,1-3H3,(H,41,42)/t21-,27?,29?/m0/s1. The molecule has 10 nitrogen and oxygen atoms in total. The minimum atomic E-state index is -1.23. The number of rotatable bonds is 13. The first kappa shape index (κ1) is 30.9. The summed E-state index contributed by atoms with van der Waals surface area (Å²) in [5, 5.41) is 22.1.